The Morgan fingerprint density at radius 2 is 1.20 bits per heavy atom. The summed E-state index contributed by atoms with van der Waals surface area (Å²) in [6.07, 6.45) is 1.35. The molecule has 0 aliphatic heterocycles. The largest absolute Gasteiger partial charge is 0.507 e. The monoisotopic (exact) mass is 346 g/mol. The molecule has 2 rings (SSSR count). The molecule has 0 aliphatic carbocycles. The van der Waals surface area contributed by atoms with Crippen LogP contribution in [0.25, 0.3) is 11.1 Å². The van der Waals surface area contributed by atoms with Gasteiger partial charge in [-0.15, -0.1) is 0 Å². The number of aromatic hydroxyl groups is 2. The number of hydrogen-bond acceptors (Lipinski definition) is 5. The minimum atomic E-state index is -0.0692. The van der Waals surface area contributed by atoms with Gasteiger partial charge in [-0.1, -0.05) is 6.92 Å². The maximum absolute atomic E-state index is 10.3. The number of phenolic OH excluding ortho intramolecular Hbond substituents is 2. The molecule has 0 fully saturated rings. The average Bonchev–Trinajstić information content (AvgIpc) is 2.60. The van der Waals surface area contributed by atoms with Crippen LogP contribution in [0.1, 0.15) is 29.2 Å². The zero-order chi connectivity index (χ0) is 18.4. The van der Waals surface area contributed by atoms with Crippen LogP contribution in [-0.2, 0) is 30.6 Å². The van der Waals surface area contributed by atoms with E-state index in [0.717, 1.165) is 16.7 Å². The molecule has 0 amide bonds. The van der Waals surface area contributed by atoms with Gasteiger partial charge in [-0.2, -0.15) is 0 Å². The predicted molar refractivity (Wildman–Crippen MR) is 96.9 cm³/mol. The van der Waals surface area contributed by atoms with Crippen molar-refractivity contribution in [2.75, 3.05) is 20.3 Å². The van der Waals surface area contributed by atoms with E-state index >= 15 is 0 Å². The second-order valence-corrected chi connectivity index (χ2v) is 6.02. The lowest BCUT2D eigenvalue weighted by atomic mass is 9.93. The fourth-order valence-corrected chi connectivity index (χ4v) is 3.01. The second-order valence-electron chi connectivity index (χ2n) is 6.02. The molecule has 0 unspecified atom stereocenters. The molecule has 0 atom stereocenters. The lowest BCUT2D eigenvalue weighted by Gasteiger charge is -2.15. The Balaban J connectivity index is 2.61. The highest BCUT2D eigenvalue weighted by atomic mass is 16.5. The first-order chi connectivity index (χ1) is 12.0. The number of ether oxygens (including phenoxy) is 1. The van der Waals surface area contributed by atoms with E-state index in [1.165, 1.54) is 0 Å². The number of aliphatic hydroxyl groups is 2. The van der Waals surface area contributed by atoms with E-state index < -0.39 is 0 Å². The summed E-state index contributed by atoms with van der Waals surface area (Å²) < 4.78 is 5.18. The normalized spacial score (nSPS) is 11.0. The molecule has 0 aliphatic rings. The third kappa shape index (κ3) is 4.31. The van der Waals surface area contributed by atoms with E-state index in [2.05, 4.69) is 0 Å². The molecule has 2 aromatic carbocycles. The van der Waals surface area contributed by atoms with Crippen molar-refractivity contribution in [2.24, 2.45) is 0 Å². The summed E-state index contributed by atoms with van der Waals surface area (Å²) in [6.45, 7) is 2.14. The second kappa shape index (κ2) is 8.85. The number of methoxy groups -OCH3 is 1. The molecule has 2 aromatic rings. The van der Waals surface area contributed by atoms with Gasteiger partial charge in [0, 0.05) is 25.9 Å². The number of aryl methyl sites for hydroxylation is 1. The standard InChI is InChI=1S/C20H26O5/c1-3-13-8-16(11-18(12-25-2)19(13)23)17-9-14(4-6-21)20(24)15(10-17)5-7-22/h8-11,21-24H,3-7,12H2,1-2H3. The van der Waals surface area contributed by atoms with Crippen LogP contribution in [0.15, 0.2) is 24.3 Å². The average molecular weight is 346 g/mol. The van der Waals surface area contributed by atoms with Gasteiger partial charge in [-0.25, -0.2) is 0 Å². The van der Waals surface area contributed by atoms with Gasteiger partial charge >= 0.3 is 0 Å². The van der Waals surface area contributed by atoms with E-state index in [0.29, 0.717) is 42.6 Å². The van der Waals surface area contributed by atoms with Gasteiger partial charge in [-0.05, 0) is 71.3 Å². The third-order valence-corrected chi connectivity index (χ3v) is 4.31. The van der Waals surface area contributed by atoms with E-state index in [4.69, 9.17) is 4.74 Å². The number of hydrogen-bond donors (Lipinski definition) is 4. The maximum Gasteiger partial charge on any atom is 0.124 e. The Hall–Kier alpha value is -2.08. The molecule has 0 bridgehead atoms. The van der Waals surface area contributed by atoms with Crippen LogP contribution in [0.3, 0.4) is 0 Å². The number of rotatable bonds is 8. The first-order valence-corrected chi connectivity index (χ1v) is 8.46. The summed E-state index contributed by atoms with van der Waals surface area (Å²) in [4.78, 5) is 0. The minimum absolute atomic E-state index is 0.0692. The SMILES string of the molecule is CCc1cc(-c2cc(CCO)c(O)c(CCO)c2)cc(COC)c1O. The smallest absolute Gasteiger partial charge is 0.124 e. The van der Waals surface area contributed by atoms with Crippen LogP contribution in [0.2, 0.25) is 0 Å². The molecule has 0 heterocycles. The van der Waals surface area contributed by atoms with Gasteiger partial charge in [0.05, 0.1) is 6.61 Å². The minimum Gasteiger partial charge on any atom is -0.507 e. The number of phenols is 2. The Bertz CT molecular complexity index is 697. The highest BCUT2D eigenvalue weighted by molar-refractivity contribution is 5.70. The molecule has 0 aromatic heterocycles. The predicted octanol–water partition coefficient (Wildman–Crippen LogP) is 2.54. The molecule has 0 saturated heterocycles. The van der Waals surface area contributed by atoms with Crippen molar-refractivity contribution in [2.45, 2.75) is 32.8 Å². The van der Waals surface area contributed by atoms with Crippen LogP contribution in [0.5, 0.6) is 11.5 Å². The molecular formula is C20H26O5. The Labute approximate surface area is 148 Å². The van der Waals surface area contributed by atoms with Crippen molar-refractivity contribution in [1.29, 1.82) is 0 Å². The van der Waals surface area contributed by atoms with Crippen molar-refractivity contribution >= 4 is 0 Å². The van der Waals surface area contributed by atoms with Gasteiger partial charge < -0.3 is 25.2 Å². The number of aliphatic hydroxyl groups excluding tert-OH is 2. The van der Waals surface area contributed by atoms with Crippen LogP contribution >= 0.6 is 0 Å². The fourth-order valence-electron chi connectivity index (χ4n) is 3.01. The first-order valence-electron chi connectivity index (χ1n) is 8.46. The fraction of sp³-hybridized carbons (Fsp3) is 0.400. The lowest BCUT2D eigenvalue weighted by molar-refractivity contribution is 0.182. The molecule has 5 nitrogen and oxygen atoms in total. The Morgan fingerprint density at radius 1 is 0.760 bits per heavy atom. The highest BCUT2D eigenvalue weighted by Crippen LogP contribution is 2.35. The third-order valence-electron chi connectivity index (χ3n) is 4.31. The first kappa shape index (κ1) is 19.2. The molecule has 5 heteroatoms. The van der Waals surface area contributed by atoms with E-state index in [9.17, 15) is 20.4 Å². The van der Waals surface area contributed by atoms with Gasteiger partial charge in [0.25, 0.3) is 0 Å². The van der Waals surface area contributed by atoms with Crippen molar-refractivity contribution in [1.82, 2.24) is 0 Å². The van der Waals surface area contributed by atoms with Crippen molar-refractivity contribution in [3.8, 4) is 22.6 Å². The molecule has 0 saturated carbocycles. The topological polar surface area (TPSA) is 90.2 Å². The Morgan fingerprint density at radius 3 is 1.64 bits per heavy atom. The van der Waals surface area contributed by atoms with Gasteiger partial charge in [0.2, 0.25) is 0 Å². The van der Waals surface area contributed by atoms with Gasteiger partial charge in [0.1, 0.15) is 11.5 Å². The lowest BCUT2D eigenvalue weighted by Crippen LogP contribution is -2.00. The summed E-state index contributed by atoms with van der Waals surface area (Å²) in [7, 11) is 1.58. The summed E-state index contributed by atoms with van der Waals surface area (Å²) in [5.74, 6) is 0.372. The zero-order valence-corrected chi connectivity index (χ0v) is 14.7. The quantitative estimate of drug-likeness (QED) is 0.590. The molecule has 25 heavy (non-hydrogen) atoms. The summed E-state index contributed by atoms with van der Waals surface area (Å²) >= 11 is 0. The van der Waals surface area contributed by atoms with Crippen molar-refractivity contribution in [3.63, 3.8) is 0 Å². The van der Waals surface area contributed by atoms with Gasteiger partial charge in [-0.3, -0.25) is 0 Å². The van der Waals surface area contributed by atoms with E-state index in [1.807, 2.05) is 31.2 Å². The Kier molecular flexibility index (Phi) is 6.82. The van der Waals surface area contributed by atoms with E-state index in [1.54, 1.807) is 7.11 Å². The summed E-state index contributed by atoms with van der Waals surface area (Å²) in [6, 6.07) is 7.48. The van der Waals surface area contributed by atoms with Crippen molar-refractivity contribution < 1.29 is 25.2 Å². The van der Waals surface area contributed by atoms with Crippen LogP contribution in [0, 0.1) is 0 Å². The summed E-state index contributed by atoms with van der Waals surface area (Å²) in [5.41, 5.74) is 4.59. The summed E-state index contributed by atoms with van der Waals surface area (Å²) in [5, 5.41) is 39.1. The van der Waals surface area contributed by atoms with Crippen LogP contribution < -0.4 is 0 Å². The molecular weight excluding hydrogens is 320 g/mol. The van der Waals surface area contributed by atoms with Crippen molar-refractivity contribution in [3.05, 3.63) is 46.5 Å². The molecule has 0 radical (unpaired) electrons. The molecule has 136 valence electrons. The number of benzene rings is 2. The van der Waals surface area contributed by atoms with Gasteiger partial charge in [0.15, 0.2) is 0 Å². The van der Waals surface area contributed by atoms with Crippen LogP contribution in [0.4, 0.5) is 0 Å². The van der Waals surface area contributed by atoms with Crippen LogP contribution in [-0.4, -0.2) is 40.7 Å². The highest BCUT2D eigenvalue weighted by Gasteiger charge is 2.14. The van der Waals surface area contributed by atoms with E-state index in [-0.39, 0.29) is 24.7 Å². The molecule has 0 spiro atoms. The maximum atomic E-state index is 10.3. The molecule has 4 N–H and O–H groups in total. The zero-order valence-electron chi connectivity index (χ0n) is 14.7.